The first-order chi connectivity index (χ1) is 12.3. The van der Waals surface area contributed by atoms with Crippen molar-refractivity contribution in [2.24, 2.45) is 0 Å². The molecule has 0 aromatic heterocycles. The molecule has 2 unspecified atom stereocenters. The van der Waals surface area contributed by atoms with Crippen molar-refractivity contribution in [3.05, 3.63) is 12.2 Å². The number of ether oxygens (including phenoxy) is 1. The van der Waals surface area contributed by atoms with Crippen molar-refractivity contribution in [2.45, 2.75) is 39.5 Å². The fourth-order valence-corrected chi connectivity index (χ4v) is 2.60. The number of carbonyl (C=O) groups is 2. The number of hydrogen-bond donors (Lipinski definition) is 2. The van der Waals surface area contributed by atoms with E-state index in [0.29, 0.717) is 27.5 Å². The number of nitrogens with zero attached hydrogens (tertiary/aromatic N) is 2. The highest BCUT2D eigenvalue weighted by atomic mass is 32.2. The third-order valence-corrected chi connectivity index (χ3v) is 4.73. The second kappa shape index (κ2) is 11.6. The molecule has 0 spiro atoms. The summed E-state index contributed by atoms with van der Waals surface area (Å²) in [6.07, 6.45) is -0.543. The second-order valence-corrected chi connectivity index (χ2v) is 10.1. The summed E-state index contributed by atoms with van der Waals surface area (Å²) in [5.41, 5.74) is 0.446. The van der Waals surface area contributed by atoms with Crippen molar-refractivity contribution >= 4 is 21.9 Å². The summed E-state index contributed by atoms with van der Waals surface area (Å²) < 4.78 is 36.6. The van der Waals surface area contributed by atoms with Crippen LogP contribution in [0.15, 0.2) is 12.2 Å². The first-order valence-corrected chi connectivity index (χ1v) is 10.5. The van der Waals surface area contributed by atoms with E-state index in [9.17, 15) is 18.0 Å². The van der Waals surface area contributed by atoms with Crippen LogP contribution in [0.3, 0.4) is 0 Å². The van der Waals surface area contributed by atoms with Crippen molar-refractivity contribution in [1.82, 2.24) is 0 Å². The lowest BCUT2D eigenvalue weighted by molar-refractivity contribution is -0.936. The number of carbonyl (C=O) groups excluding carboxylic acids is 1. The second-order valence-electron chi connectivity index (χ2n) is 8.51. The molecule has 0 fully saturated rings. The van der Waals surface area contributed by atoms with Crippen LogP contribution in [0.4, 0.5) is 0 Å². The molecule has 0 aromatic carbocycles. The van der Waals surface area contributed by atoms with Gasteiger partial charge in [0.15, 0.2) is 18.6 Å². The highest BCUT2D eigenvalue weighted by Crippen LogP contribution is 2.13. The molecular weight excluding hydrogens is 388 g/mol. The maximum Gasteiger partial charge on any atom is 0.359 e. The normalized spacial score (nSPS) is 14.5. The standard InChI is InChI=1S/C13H25NO5S.C5H11NO2/c1-10(2)13(15)11(3)19-12(4)14(5,6)8-7-9-20(16,17)18;1-6(2,3)4-5(7)8/h11-12H,1,7-9H2,2-6H3;4H2,1-3H3/p+2. The number of hydrogen-bond acceptors (Lipinski definition) is 5. The summed E-state index contributed by atoms with van der Waals surface area (Å²) in [6.45, 7) is 9.42. The molecule has 10 heteroatoms. The van der Waals surface area contributed by atoms with Crippen molar-refractivity contribution in [3.8, 4) is 0 Å². The fourth-order valence-electron chi connectivity index (χ4n) is 2.11. The average molecular weight is 427 g/mol. The predicted octanol–water partition coefficient (Wildman–Crippen LogP) is 1.01. The predicted molar refractivity (Wildman–Crippen MR) is 108 cm³/mol. The Morgan fingerprint density at radius 2 is 1.57 bits per heavy atom. The Hall–Kier alpha value is -1.33. The minimum Gasteiger partial charge on any atom is -0.477 e. The Morgan fingerprint density at radius 3 is 1.86 bits per heavy atom. The van der Waals surface area contributed by atoms with Crippen molar-refractivity contribution in [1.29, 1.82) is 0 Å². The van der Waals surface area contributed by atoms with Gasteiger partial charge in [0.2, 0.25) is 0 Å². The molecule has 0 saturated heterocycles. The number of ketones is 1. The van der Waals surface area contributed by atoms with E-state index in [4.69, 9.17) is 14.4 Å². The van der Waals surface area contributed by atoms with Crippen LogP contribution < -0.4 is 0 Å². The van der Waals surface area contributed by atoms with Gasteiger partial charge in [0.1, 0.15) is 6.10 Å². The summed E-state index contributed by atoms with van der Waals surface area (Å²) in [5.74, 6) is -1.17. The lowest BCUT2D eigenvalue weighted by Crippen LogP contribution is -2.51. The number of likely N-dealkylation sites (N-methyl/N-ethyl adjacent to an activating group) is 1. The van der Waals surface area contributed by atoms with E-state index in [1.54, 1.807) is 13.8 Å². The SMILES string of the molecule is C=C(C)C(=O)C(C)OC(C)[N+](C)(C)CCCS(=O)(=O)O.C[N+](C)(C)CC(=O)O. The number of rotatable bonds is 11. The number of carboxylic acid groups (broad SMARTS) is 1. The number of Topliss-reactive ketones (excluding diaryl/α,β-unsaturated/α-hetero) is 1. The number of carboxylic acids is 1. The first-order valence-electron chi connectivity index (χ1n) is 8.94. The van der Waals surface area contributed by atoms with Gasteiger partial charge in [-0.25, -0.2) is 4.79 Å². The van der Waals surface area contributed by atoms with Crippen LogP contribution in [0.25, 0.3) is 0 Å². The van der Waals surface area contributed by atoms with Gasteiger partial charge in [0.05, 0.1) is 47.5 Å². The van der Waals surface area contributed by atoms with Gasteiger partial charge in [-0.05, 0) is 19.4 Å². The quantitative estimate of drug-likeness (QED) is 0.219. The van der Waals surface area contributed by atoms with E-state index < -0.39 is 22.2 Å². The molecule has 166 valence electrons. The van der Waals surface area contributed by atoms with E-state index >= 15 is 0 Å². The van der Waals surface area contributed by atoms with Crippen LogP contribution in [0.5, 0.6) is 0 Å². The van der Waals surface area contributed by atoms with Crippen molar-refractivity contribution < 1.29 is 41.4 Å². The Labute approximate surface area is 169 Å². The highest BCUT2D eigenvalue weighted by molar-refractivity contribution is 7.85. The smallest absolute Gasteiger partial charge is 0.359 e. The molecule has 0 heterocycles. The van der Waals surface area contributed by atoms with Gasteiger partial charge in [0.25, 0.3) is 10.1 Å². The Kier molecular flexibility index (Phi) is 12.0. The molecule has 0 aliphatic carbocycles. The Morgan fingerprint density at radius 1 is 1.11 bits per heavy atom. The lowest BCUT2D eigenvalue weighted by atomic mass is 10.1. The zero-order valence-electron chi connectivity index (χ0n) is 18.4. The van der Waals surface area contributed by atoms with E-state index in [1.807, 2.05) is 42.2 Å². The third kappa shape index (κ3) is 15.7. The highest BCUT2D eigenvalue weighted by Gasteiger charge is 2.28. The molecule has 0 bridgehead atoms. The summed E-state index contributed by atoms with van der Waals surface area (Å²) in [4.78, 5) is 21.7. The largest absolute Gasteiger partial charge is 0.477 e. The van der Waals surface area contributed by atoms with Crippen LogP contribution in [-0.2, 0) is 24.4 Å². The molecule has 0 aromatic rings. The minimum absolute atomic E-state index is 0.144. The Bertz CT molecular complexity index is 637. The van der Waals surface area contributed by atoms with Crippen LogP contribution in [-0.4, -0.2) is 105 Å². The lowest BCUT2D eigenvalue weighted by Gasteiger charge is -2.36. The molecule has 0 saturated carbocycles. The molecule has 0 aliphatic heterocycles. The summed E-state index contributed by atoms with van der Waals surface area (Å²) >= 11 is 0. The van der Waals surface area contributed by atoms with Crippen LogP contribution in [0, 0.1) is 0 Å². The molecule has 0 amide bonds. The molecule has 0 rings (SSSR count). The zero-order chi connectivity index (χ0) is 22.9. The van der Waals surface area contributed by atoms with Crippen molar-refractivity contribution in [3.63, 3.8) is 0 Å². The molecule has 0 radical (unpaired) electrons. The average Bonchev–Trinajstić information content (AvgIpc) is 2.42. The van der Waals surface area contributed by atoms with E-state index in [2.05, 4.69) is 6.58 Å². The first kappa shape index (κ1) is 28.9. The van der Waals surface area contributed by atoms with Crippen LogP contribution in [0.1, 0.15) is 27.2 Å². The monoisotopic (exact) mass is 426 g/mol. The Balaban J connectivity index is 0. The molecule has 2 atom stereocenters. The summed E-state index contributed by atoms with van der Waals surface area (Å²) in [5, 5.41) is 8.23. The van der Waals surface area contributed by atoms with Gasteiger partial charge in [-0.15, -0.1) is 0 Å². The maximum atomic E-state index is 11.7. The van der Waals surface area contributed by atoms with E-state index in [0.717, 1.165) is 0 Å². The van der Waals surface area contributed by atoms with Gasteiger partial charge >= 0.3 is 5.97 Å². The van der Waals surface area contributed by atoms with Gasteiger partial charge in [-0.3, -0.25) is 9.35 Å². The van der Waals surface area contributed by atoms with Crippen LogP contribution in [0.2, 0.25) is 0 Å². The van der Waals surface area contributed by atoms with Gasteiger partial charge in [-0.1, -0.05) is 6.58 Å². The molecule has 9 nitrogen and oxygen atoms in total. The summed E-state index contributed by atoms with van der Waals surface area (Å²) in [7, 11) is 5.35. The molecular formula is C18H38N2O7S+2. The van der Waals surface area contributed by atoms with E-state index in [1.165, 1.54) is 0 Å². The zero-order valence-corrected chi connectivity index (χ0v) is 19.2. The molecule has 0 aliphatic rings. The number of aliphatic carboxylic acids is 1. The fraction of sp³-hybridized carbons (Fsp3) is 0.778. The molecule has 28 heavy (non-hydrogen) atoms. The third-order valence-electron chi connectivity index (χ3n) is 3.92. The van der Waals surface area contributed by atoms with Gasteiger partial charge < -0.3 is 18.8 Å². The molecule has 2 N–H and O–H groups in total. The van der Waals surface area contributed by atoms with Crippen LogP contribution >= 0.6 is 0 Å². The summed E-state index contributed by atoms with van der Waals surface area (Å²) in [6, 6.07) is 0. The van der Waals surface area contributed by atoms with Gasteiger partial charge in [0, 0.05) is 13.3 Å². The maximum absolute atomic E-state index is 11.7. The van der Waals surface area contributed by atoms with Gasteiger partial charge in [-0.2, -0.15) is 8.42 Å². The van der Waals surface area contributed by atoms with Crippen molar-refractivity contribution in [2.75, 3.05) is 54.1 Å². The minimum atomic E-state index is -3.94. The topological polar surface area (TPSA) is 118 Å². The van der Waals surface area contributed by atoms with E-state index in [-0.39, 0.29) is 24.3 Å². The number of quaternary nitrogens is 2.